The molecule has 1 aliphatic heterocycles. The molecule has 0 aliphatic carbocycles. The number of carbonyl (C=O) groups excluding carboxylic acids is 3. The molecule has 1 heterocycles. The standard InChI is InChI=1S/C25H29Cl2N3O5S/c1-3-5-13-28-24(32)21(4-2)29(16-17-10-11-18(26)15-20(17)27)23(31)12-14-30-25(33)19-8-6-7-9-22(19)36(30,34)35/h6-11,15,21H,3-5,12-14,16H2,1-2H3,(H,28,32)/t21-/m1/s1. The van der Waals surface area contributed by atoms with Gasteiger partial charge in [0.05, 0.1) is 5.56 Å². The van der Waals surface area contributed by atoms with Gasteiger partial charge >= 0.3 is 0 Å². The fourth-order valence-electron chi connectivity index (χ4n) is 4.05. The topological polar surface area (TPSA) is 104 Å². The van der Waals surface area contributed by atoms with E-state index < -0.39 is 27.9 Å². The molecular formula is C25H29Cl2N3O5S. The van der Waals surface area contributed by atoms with Gasteiger partial charge in [-0.15, -0.1) is 0 Å². The van der Waals surface area contributed by atoms with E-state index >= 15 is 0 Å². The minimum Gasteiger partial charge on any atom is -0.354 e. The van der Waals surface area contributed by atoms with Crippen LogP contribution < -0.4 is 5.32 Å². The Morgan fingerprint density at radius 3 is 2.47 bits per heavy atom. The average Bonchev–Trinajstić information content (AvgIpc) is 3.04. The number of nitrogens with zero attached hydrogens (tertiary/aromatic N) is 2. The van der Waals surface area contributed by atoms with Crippen LogP contribution in [0.1, 0.15) is 55.5 Å². The van der Waals surface area contributed by atoms with E-state index in [1.165, 1.54) is 17.0 Å². The van der Waals surface area contributed by atoms with Crippen molar-refractivity contribution < 1.29 is 22.8 Å². The Hall–Kier alpha value is -2.62. The van der Waals surface area contributed by atoms with Crippen LogP contribution >= 0.6 is 23.2 Å². The van der Waals surface area contributed by atoms with E-state index in [4.69, 9.17) is 23.2 Å². The van der Waals surface area contributed by atoms with Crippen LogP contribution in [-0.2, 0) is 26.2 Å². The Labute approximate surface area is 221 Å². The van der Waals surface area contributed by atoms with Gasteiger partial charge < -0.3 is 10.2 Å². The van der Waals surface area contributed by atoms with Gasteiger partial charge in [0, 0.05) is 36.1 Å². The molecule has 0 bridgehead atoms. The van der Waals surface area contributed by atoms with Crippen molar-refractivity contribution in [1.82, 2.24) is 14.5 Å². The molecular weight excluding hydrogens is 525 g/mol. The molecule has 0 unspecified atom stereocenters. The molecule has 0 spiro atoms. The first-order valence-electron chi connectivity index (χ1n) is 11.8. The van der Waals surface area contributed by atoms with Crippen LogP contribution in [0.4, 0.5) is 0 Å². The van der Waals surface area contributed by atoms with Crippen molar-refractivity contribution in [3.63, 3.8) is 0 Å². The van der Waals surface area contributed by atoms with Gasteiger partial charge in [-0.3, -0.25) is 14.4 Å². The number of amides is 3. The predicted molar refractivity (Wildman–Crippen MR) is 138 cm³/mol. The number of halogens is 2. The zero-order valence-electron chi connectivity index (χ0n) is 20.2. The van der Waals surface area contributed by atoms with Gasteiger partial charge in [0.25, 0.3) is 15.9 Å². The summed E-state index contributed by atoms with van der Waals surface area (Å²) in [4.78, 5) is 40.5. The number of unbranched alkanes of at least 4 members (excludes halogenated alkanes) is 1. The summed E-state index contributed by atoms with van der Waals surface area (Å²) in [7, 11) is -4.05. The lowest BCUT2D eigenvalue weighted by Gasteiger charge is -2.31. The van der Waals surface area contributed by atoms with E-state index in [0.29, 0.717) is 32.9 Å². The Morgan fingerprint density at radius 1 is 1.11 bits per heavy atom. The molecule has 0 saturated carbocycles. The van der Waals surface area contributed by atoms with Crippen LogP contribution in [0, 0.1) is 0 Å². The molecule has 36 heavy (non-hydrogen) atoms. The quantitative estimate of drug-likeness (QED) is 0.419. The molecule has 3 amide bonds. The lowest BCUT2D eigenvalue weighted by atomic mass is 10.1. The third kappa shape index (κ3) is 6.02. The third-order valence-corrected chi connectivity index (χ3v) is 8.44. The second-order valence-corrected chi connectivity index (χ2v) is 11.1. The molecule has 3 rings (SSSR count). The second kappa shape index (κ2) is 12.1. The number of hydrogen-bond donors (Lipinski definition) is 1. The predicted octanol–water partition coefficient (Wildman–Crippen LogP) is 4.25. The van der Waals surface area contributed by atoms with E-state index in [0.717, 1.165) is 12.8 Å². The molecule has 0 radical (unpaired) electrons. The highest BCUT2D eigenvalue weighted by Gasteiger charge is 2.41. The smallest absolute Gasteiger partial charge is 0.269 e. The van der Waals surface area contributed by atoms with E-state index in [9.17, 15) is 22.8 Å². The maximum Gasteiger partial charge on any atom is 0.269 e. The number of sulfonamides is 1. The Morgan fingerprint density at radius 2 is 1.83 bits per heavy atom. The van der Waals surface area contributed by atoms with Gasteiger partial charge in [-0.25, -0.2) is 12.7 Å². The first kappa shape index (κ1) is 28.0. The van der Waals surface area contributed by atoms with Gasteiger partial charge in [0.2, 0.25) is 11.8 Å². The maximum atomic E-state index is 13.5. The van der Waals surface area contributed by atoms with Crippen molar-refractivity contribution in [3.05, 3.63) is 63.6 Å². The Kier molecular flexibility index (Phi) is 9.38. The molecule has 1 aliphatic rings. The highest BCUT2D eigenvalue weighted by atomic mass is 35.5. The number of nitrogens with one attached hydrogen (secondary N) is 1. The van der Waals surface area contributed by atoms with Crippen molar-refractivity contribution in [3.8, 4) is 0 Å². The van der Waals surface area contributed by atoms with E-state index in [-0.39, 0.29) is 35.9 Å². The molecule has 11 heteroatoms. The fraction of sp³-hybridized carbons (Fsp3) is 0.400. The van der Waals surface area contributed by atoms with Gasteiger partial charge in [-0.1, -0.05) is 61.7 Å². The number of benzene rings is 2. The first-order chi connectivity index (χ1) is 17.1. The highest BCUT2D eigenvalue weighted by molar-refractivity contribution is 7.90. The van der Waals surface area contributed by atoms with E-state index in [1.54, 1.807) is 37.3 Å². The summed E-state index contributed by atoms with van der Waals surface area (Å²) in [5, 5.41) is 3.64. The molecule has 8 nitrogen and oxygen atoms in total. The molecule has 194 valence electrons. The summed E-state index contributed by atoms with van der Waals surface area (Å²) >= 11 is 12.3. The monoisotopic (exact) mass is 553 g/mol. The van der Waals surface area contributed by atoms with Crippen molar-refractivity contribution in [2.24, 2.45) is 0 Å². The zero-order chi connectivity index (χ0) is 26.5. The van der Waals surface area contributed by atoms with Gasteiger partial charge in [-0.05, 0) is 42.7 Å². The maximum absolute atomic E-state index is 13.5. The molecule has 0 aromatic heterocycles. The average molecular weight is 554 g/mol. The van der Waals surface area contributed by atoms with Crippen LogP contribution in [-0.4, -0.2) is 54.5 Å². The summed E-state index contributed by atoms with van der Waals surface area (Å²) in [5.74, 6) is -1.45. The minimum absolute atomic E-state index is 0.0233. The van der Waals surface area contributed by atoms with Gasteiger partial charge in [0.15, 0.2) is 0 Å². The lowest BCUT2D eigenvalue weighted by Crippen LogP contribution is -2.49. The van der Waals surface area contributed by atoms with Crippen LogP contribution in [0.5, 0.6) is 0 Å². The Balaban J connectivity index is 1.83. The van der Waals surface area contributed by atoms with Crippen LogP contribution in [0.2, 0.25) is 10.0 Å². The van der Waals surface area contributed by atoms with Crippen LogP contribution in [0.25, 0.3) is 0 Å². The molecule has 0 saturated heterocycles. The first-order valence-corrected chi connectivity index (χ1v) is 14.0. The van der Waals surface area contributed by atoms with E-state index in [2.05, 4.69) is 5.32 Å². The minimum atomic E-state index is -4.05. The summed E-state index contributed by atoms with van der Waals surface area (Å²) in [6.07, 6.45) is 1.75. The van der Waals surface area contributed by atoms with Crippen LogP contribution in [0.15, 0.2) is 47.4 Å². The number of carbonyl (C=O) groups is 3. The highest BCUT2D eigenvalue weighted by Crippen LogP contribution is 2.30. The normalized spacial score (nSPS) is 14.9. The number of fused-ring (bicyclic) bond motifs is 1. The molecule has 2 aromatic rings. The summed E-state index contributed by atoms with van der Waals surface area (Å²) in [6, 6.07) is 10.0. The van der Waals surface area contributed by atoms with Gasteiger partial charge in [0.1, 0.15) is 10.9 Å². The van der Waals surface area contributed by atoms with Crippen molar-refractivity contribution in [2.45, 2.75) is 57.0 Å². The SMILES string of the molecule is CCCCNC(=O)[C@@H](CC)N(Cc1ccc(Cl)cc1Cl)C(=O)CCN1C(=O)c2ccccc2S1(=O)=O. The number of rotatable bonds is 11. The van der Waals surface area contributed by atoms with Crippen molar-refractivity contribution in [2.75, 3.05) is 13.1 Å². The van der Waals surface area contributed by atoms with Crippen molar-refractivity contribution >= 4 is 50.9 Å². The molecule has 0 fully saturated rings. The molecule has 1 atom stereocenters. The molecule has 2 aromatic carbocycles. The zero-order valence-corrected chi connectivity index (χ0v) is 22.5. The summed E-state index contributed by atoms with van der Waals surface area (Å²) < 4.78 is 26.5. The lowest BCUT2D eigenvalue weighted by molar-refractivity contribution is -0.141. The molecule has 1 N–H and O–H groups in total. The Bertz CT molecular complexity index is 1250. The third-order valence-electron chi connectivity index (χ3n) is 6.01. The van der Waals surface area contributed by atoms with Crippen molar-refractivity contribution in [1.29, 1.82) is 0 Å². The largest absolute Gasteiger partial charge is 0.354 e. The van der Waals surface area contributed by atoms with E-state index in [1.807, 2.05) is 6.92 Å². The fourth-order valence-corrected chi connectivity index (χ4v) is 6.09. The summed E-state index contributed by atoms with van der Waals surface area (Å²) in [6.45, 7) is 3.96. The van der Waals surface area contributed by atoms with Crippen LogP contribution in [0.3, 0.4) is 0 Å². The second-order valence-electron chi connectivity index (χ2n) is 8.45. The van der Waals surface area contributed by atoms with Gasteiger partial charge in [-0.2, -0.15) is 0 Å². The number of hydrogen-bond acceptors (Lipinski definition) is 5. The summed E-state index contributed by atoms with van der Waals surface area (Å²) in [5.41, 5.74) is 0.669.